The summed E-state index contributed by atoms with van der Waals surface area (Å²) in [6, 6.07) is 4.12. The van der Waals surface area contributed by atoms with E-state index >= 15 is 0 Å². The van der Waals surface area contributed by atoms with Crippen LogP contribution in [0.5, 0.6) is 11.5 Å². The van der Waals surface area contributed by atoms with Gasteiger partial charge in [0.15, 0.2) is 11.5 Å². The molecule has 3 aliphatic heterocycles. The van der Waals surface area contributed by atoms with E-state index in [9.17, 15) is 10.2 Å². The molecular weight excluding hydrogens is 282 g/mol. The first kappa shape index (κ1) is 13.2. The molecule has 3 heterocycles. The van der Waals surface area contributed by atoms with Gasteiger partial charge in [-0.25, -0.2) is 0 Å². The molecule has 0 unspecified atom stereocenters. The molecular formula is C17H21NO4. The predicted octanol–water partition coefficient (Wildman–Crippen LogP) is 1.02. The number of aliphatic hydroxyl groups is 2. The van der Waals surface area contributed by atoms with Crippen molar-refractivity contribution in [2.45, 2.75) is 49.3 Å². The molecule has 1 aromatic carbocycles. The fourth-order valence-electron chi connectivity index (χ4n) is 5.26. The van der Waals surface area contributed by atoms with Crippen LogP contribution in [0.25, 0.3) is 0 Å². The first-order chi connectivity index (χ1) is 10.7. The van der Waals surface area contributed by atoms with Crippen molar-refractivity contribution in [1.82, 2.24) is 4.90 Å². The molecule has 4 aliphatic rings. The summed E-state index contributed by atoms with van der Waals surface area (Å²) in [6.07, 6.45) is 2.51. The Morgan fingerprint density at radius 1 is 1.14 bits per heavy atom. The highest BCUT2D eigenvalue weighted by molar-refractivity contribution is 5.52. The fraction of sp³-hybridized carbons (Fsp3) is 0.647. The summed E-state index contributed by atoms with van der Waals surface area (Å²) < 4.78 is 11.1. The van der Waals surface area contributed by atoms with Gasteiger partial charge in [-0.1, -0.05) is 0 Å². The van der Waals surface area contributed by atoms with Crippen molar-refractivity contribution in [2.75, 3.05) is 19.9 Å². The summed E-state index contributed by atoms with van der Waals surface area (Å²) in [5.74, 6) is 1.55. The first-order valence-corrected chi connectivity index (χ1v) is 8.23. The van der Waals surface area contributed by atoms with Gasteiger partial charge >= 0.3 is 0 Å². The van der Waals surface area contributed by atoms with E-state index in [0.717, 1.165) is 49.4 Å². The third-order valence-corrected chi connectivity index (χ3v) is 6.17. The highest BCUT2D eigenvalue weighted by atomic mass is 16.7. The molecule has 0 aromatic heterocycles. The van der Waals surface area contributed by atoms with Gasteiger partial charge in [-0.15, -0.1) is 0 Å². The number of hydrogen-bond acceptors (Lipinski definition) is 5. The molecule has 1 aliphatic carbocycles. The van der Waals surface area contributed by atoms with E-state index in [4.69, 9.17) is 9.47 Å². The molecule has 5 rings (SSSR count). The van der Waals surface area contributed by atoms with Gasteiger partial charge in [0.25, 0.3) is 0 Å². The van der Waals surface area contributed by atoms with Crippen LogP contribution in [0.1, 0.15) is 36.3 Å². The smallest absolute Gasteiger partial charge is 0.231 e. The molecule has 22 heavy (non-hydrogen) atoms. The molecule has 1 saturated heterocycles. The Balaban J connectivity index is 1.70. The highest BCUT2D eigenvalue weighted by Crippen LogP contribution is 2.55. The average Bonchev–Trinajstić information content (AvgIpc) is 3.15. The third-order valence-electron chi connectivity index (χ3n) is 6.17. The van der Waals surface area contributed by atoms with Crippen LogP contribution in [0.2, 0.25) is 0 Å². The zero-order valence-electron chi connectivity index (χ0n) is 12.5. The number of aliphatic hydroxyl groups excluding tert-OH is 2. The van der Waals surface area contributed by atoms with E-state index in [-0.39, 0.29) is 18.2 Å². The second kappa shape index (κ2) is 4.37. The molecule has 4 atom stereocenters. The van der Waals surface area contributed by atoms with E-state index < -0.39 is 12.2 Å². The maximum absolute atomic E-state index is 10.7. The molecule has 1 saturated carbocycles. The zero-order chi connectivity index (χ0) is 14.9. The number of benzene rings is 1. The maximum atomic E-state index is 10.7. The Morgan fingerprint density at radius 2 is 1.95 bits per heavy atom. The summed E-state index contributed by atoms with van der Waals surface area (Å²) in [5, 5.41) is 21.1. The van der Waals surface area contributed by atoms with E-state index in [1.807, 2.05) is 6.07 Å². The van der Waals surface area contributed by atoms with Crippen molar-refractivity contribution >= 4 is 0 Å². The molecule has 2 N–H and O–H groups in total. The van der Waals surface area contributed by atoms with Gasteiger partial charge in [0.2, 0.25) is 6.79 Å². The minimum atomic E-state index is -0.696. The number of nitrogens with zero attached hydrogens (tertiary/aromatic N) is 1. The molecule has 118 valence electrons. The van der Waals surface area contributed by atoms with Gasteiger partial charge in [-0.3, -0.25) is 4.90 Å². The lowest BCUT2D eigenvalue weighted by Gasteiger charge is -2.39. The lowest BCUT2D eigenvalue weighted by atomic mass is 9.78. The van der Waals surface area contributed by atoms with Gasteiger partial charge in [0, 0.05) is 18.0 Å². The van der Waals surface area contributed by atoms with Gasteiger partial charge < -0.3 is 19.7 Å². The van der Waals surface area contributed by atoms with Crippen LogP contribution in [0.4, 0.5) is 0 Å². The quantitative estimate of drug-likeness (QED) is 0.749. The molecule has 0 radical (unpaired) electrons. The van der Waals surface area contributed by atoms with Crippen molar-refractivity contribution in [1.29, 1.82) is 0 Å². The minimum Gasteiger partial charge on any atom is -0.454 e. The Morgan fingerprint density at radius 3 is 2.82 bits per heavy atom. The van der Waals surface area contributed by atoms with Crippen LogP contribution in [-0.2, 0) is 6.42 Å². The molecule has 0 amide bonds. The van der Waals surface area contributed by atoms with Gasteiger partial charge in [-0.2, -0.15) is 0 Å². The second-order valence-corrected chi connectivity index (χ2v) is 7.09. The number of hydrogen-bond donors (Lipinski definition) is 2. The normalized spacial score (nSPS) is 39.3. The van der Waals surface area contributed by atoms with Crippen LogP contribution >= 0.6 is 0 Å². The van der Waals surface area contributed by atoms with Crippen LogP contribution in [-0.4, -0.2) is 52.7 Å². The number of ether oxygens (including phenoxy) is 2. The zero-order valence-corrected chi connectivity index (χ0v) is 12.5. The Kier molecular flexibility index (Phi) is 2.62. The highest BCUT2D eigenvalue weighted by Gasteiger charge is 2.59. The van der Waals surface area contributed by atoms with Gasteiger partial charge in [0.1, 0.15) is 0 Å². The summed E-state index contributed by atoms with van der Waals surface area (Å²) in [6.45, 7) is 2.32. The van der Waals surface area contributed by atoms with Crippen molar-refractivity contribution < 1.29 is 19.7 Å². The van der Waals surface area contributed by atoms with Crippen molar-refractivity contribution in [2.24, 2.45) is 0 Å². The number of rotatable bonds is 0. The lowest BCUT2D eigenvalue weighted by molar-refractivity contribution is 0.0339. The molecule has 2 fully saturated rings. The second-order valence-electron chi connectivity index (χ2n) is 7.09. The predicted molar refractivity (Wildman–Crippen MR) is 79.2 cm³/mol. The van der Waals surface area contributed by atoms with Crippen LogP contribution in [0.15, 0.2) is 12.1 Å². The van der Waals surface area contributed by atoms with E-state index in [2.05, 4.69) is 11.0 Å². The molecule has 1 aromatic rings. The summed E-state index contributed by atoms with van der Waals surface area (Å²) >= 11 is 0. The lowest BCUT2D eigenvalue weighted by Crippen LogP contribution is -2.46. The molecule has 5 heteroatoms. The summed E-state index contributed by atoms with van der Waals surface area (Å²) in [7, 11) is 0. The summed E-state index contributed by atoms with van der Waals surface area (Å²) in [5.41, 5.74) is 2.30. The van der Waals surface area contributed by atoms with E-state index in [1.54, 1.807) is 0 Å². The topological polar surface area (TPSA) is 62.2 Å². The number of fused-ring (bicyclic) bond motifs is 3. The minimum absolute atomic E-state index is 0.0306. The standard InChI is InChI=1S/C17H21NO4/c19-12-8-17-3-1-4-18(17)5-2-10-6-13-14(22-9-21-13)7-11(10)15(17)16(12)20/h6-7,12,15-16,19-20H,1-5,8-9H2/t12-,15+,16+,17+/m1/s1. The van der Waals surface area contributed by atoms with Gasteiger partial charge in [0.05, 0.1) is 12.2 Å². The Hall–Kier alpha value is -1.30. The summed E-state index contributed by atoms with van der Waals surface area (Å²) in [4.78, 5) is 2.50. The average molecular weight is 303 g/mol. The van der Waals surface area contributed by atoms with Crippen molar-refractivity contribution in [3.63, 3.8) is 0 Å². The monoisotopic (exact) mass is 303 g/mol. The fourth-order valence-corrected chi connectivity index (χ4v) is 5.26. The van der Waals surface area contributed by atoms with E-state index in [1.165, 1.54) is 5.56 Å². The molecule has 0 bridgehead atoms. The Labute approximate surface area is 129 Å². The van der Waals surface area contributed by atoms with Gasteiger partial charge in [-0.05, 0) is 55.5 Å². The Bertz CT molecular complexity index is 633. The van der Waals surface area contributed by atoms with Crippen molar-refractivity contribution in [3.05, 3.63) is 23.3 Å². The SMILES string of the molecule is O[C@H]1[C@H](O)C[C@]23CCCN2CCc2cc4c(cc2[C@@H]13)OCO4. The van der Waals surface area contributed by atoms with Crippen LogP contribution < -0.4 is 9.47 Å². The first-order valence-electron chi connectivity index (χ1n) is 8.23. The molecule has 1 spiro atoms. The third kappa shape index (κ3) is 1.54. The van der Waals surface area contributed by atoms with E-state index in [0.29, 0.717) is 6.42 Å². The largest absolute Gasteiger partial charge is 0.454 e. The van der Waals surface area contributed by atoms with Crippen molar-refractivity contribution in [3.8, 4) is 11.5 Å². The maximum Gasteiger partial charge on any atom is 0.231 e. The van der Waals surface area contributed by atoms with Crippen LogP contribution in [0, 0.1) is 0 Å². The van der Waals surface area contributed by atoms with Crippen LogP contribution in [0.3, 0.4) is 0 Å². The molecule has 5 nitrogen and oxygen atoms in total.